The first kappa shape index (κ1) is 16.7. The second-order valence-electron chi connectivity index (χ2n) is 5.70. The fourth-order valence-corrected chi connectivity index (χ4v) is 2.18. The molecule has 0 saturated carbocycles. The molecule has 2 rings (SSSR count). The van der Waals surface area contributed by atoms with Gasteiger partial charge in [-0.05, 0) is 19.1 Å². The number of hydrogen-bond acceptors (Lipinski definition) is 3. The molecule has 0 radical (unpaired) electrons. The number of nitrogens with zero attached hydrogens (tertiary/aromatic N) is 2. The van der Waals surface area contributed by atoms with Gasteiger partial charge in [0, 0.05) is 50.1 Å². The Bertz CT molecular complexity index is 708. The molecule has 5 heteroatoms. The number of benzene rings is 1. The molecule has 1 amide bonds. The molecule has 2 aromatic rings. The third-order valence-electron chi connectivity index (χ3n) is 3.71. The van der Waals surface area contributed by atoms with E-state index in [9.17, 15) is 9.59 Å². The Morgan fingerprint density at radius 3 is 2.35 bits per heavy atom. The molecule has 5 nitrogen and oxygen atoms in total. The van der Waals surface area contributed by atoms with Crippen LogP contribution < -0.4 is 14.8 Å². The fourth-order valence-electron chi connectivity index (χ4n) is 2.18. The van der Waals surface area contributed by atoms with Crippen molar-refractivity contribution in [3.05, 3.63) is 54.4 Å². The molecular weight excluding hydrogens is 290 g/mol. The third kappa shape index (κ3) is 4.16. The number of pyridine rings is 1. The van der Waals surface area contributed by atoms with Crippen LogP contribution in [-0.2, 0) is 4.79 Å². The highest BCUT2D eigenvalue weighted by atomic mass is 16.2. The summed E-state index contributed by atoms with van der Waals surface area (Å²) in [5.74, 6) is -0.156. The zero-order chi connectivity index (χ0) is 17.0. The van der Waals surface area contributed by atoms with E-state index in [1.165, 1.54) is 6.92 Å². The van der Waals surface area contributed by atoms with E-state index >= 15 is 0 Å². The predicted octanol–water partition coefficient (Wildman–Crippen LogP) is 2.44. The minimum Gasteiger partial charge on any atom is -0.377 e. The van der Waals surface area contributed by atoms with Crippen molar-refractivity contribution >= 4 is 23.1 Å². The van der Waals surface area contributed by atoms with Gasteiger partial charge in [-0.15, -0.1) is 0 Å². The number of hydrogen-bond donors (Lipinski definition) is 1. The van der Waals surface area contributed by atoms with Crippen LogP contribution in [0.1, 0.15) is 30.2 Å². The Morgan fingerprint density at radius 2 is 1.78 bits per heavy atom. The van der Waals surface area contributed by atoms with Crippen LogP contribution in [0.4, 0.5) is 11.4 Å². The first-order valence-corrected chi connectivity index (χ1v) is 7.48. The van der Waals surface area contributed by atoms with Crippen molar-refractivity contribution in [1.29, 1.82) is 0 Å². The highest BCUT2D eigenvalue weighted by Gasteiger charge is 2.22. The molecule has 0 fully saturated rings. The Labute approximate surface area is 136 Å². The van der Waals surface area contributed by atoms with Crippen LogP contribution in [-0.4, -0.2) is 25.8 Å². The Hall–Kier alpha value is -2.69. The van der Waals surface area contributed by atoms with Crippen molar-refractivity contribution in [2.45, 2.75) is 19.9 Å². The number of Topliss-reactive ketones (excluding diaryl/α,β-unsaturated/α-hetero) is 1. The largest absolute Gasteiger partial charge is 0.377 e. The molecule has 0 bridgehead atoms. The Morgan fingerprint density at radius 1 is 1.13 bits per heavy atom. The fraction of sp³-hybridized carbons (Fsp3) is 0.278. The minimum absolute atomic E-state index is 0.0252. The summed E-state index contributed by atoms with van der Waals surface area (Å²) >= 11 is 0. The number of nitrogens with one attached hydrogen (secondary N) is 1. The lowest BCUT2D eigenvalue weighted by molar-refractivity contribution is -0.705. The van der Waals surface area contributed by atoms with Gasteiger partial charge in [0.25, 0.3) is 5.91 Å². The summed E-state index contributed by atoms with van der Waals surface area (Å²) in [6.07, 6.45) is 3.76. The molecule has 1 atom stereocenters. The second-order valence-corrected chi connectivity index (χ2v) is 5.70. The van der Waals surface area contributed by atoms with Crippen LogP contribution in [0.5, 0.6) is 0 Å². The van der Waals surface area contributed by atoms with Gasteiger partial charge in [0.2, 0.25) is 6.04 Å². The van der Waals surface area contributed by atoms with Crippen LogP contribution in [0.25, 0.3) is 0 Å². The molecule has 0 spiro atoms. The molecular formula is C18H22N3O2+. The molecule has 0 aliphatic carbocycles. The van der Waals surface area contributed by atoms with E-state index < -0.39 is 0 Å². The summed E-state index contributed by atoms with van der Waals surface area (Å²) < 4.78 is 1.84. The van der Waals surface area contributed by atoms with Crippen LogP contribution in [0, 0.1) is 0 Å². The monoisotopic (exact) mass is 312 g/mol. The van der Waals surface area contributed by atoms with Crippen molar-refractivity contribution in [2.24, 2.45) is 0 Å². The topological polar surface area (TPSA) is 53.3 Å². The van der Waals surface area contributed by atoms with E-state index in [1.807, 2.05) is 55.0 Å². The summed E-state index contributed by atoms with van der Waals surface area (Å²) in [4.78, 5) is 25.8. The molecule has 1 aromatic heterocycles. The third-order valence-corrected chi connectivity index (χ3v) is 3.71. The lowest BCUT2D eigenvalue weighted by Gasteiger charge is -2.12. The van der Waals surface area contributed by atoms with E-state index in [4.69, 9.17) is 0 Å². The van der Waals surface area contributed by atoms with Gasteiger partial charge in [-0.3, -0.25) is 9.59 Å². The summed E-state index contributed by atoms with van der Waals surface area (Å²) in [5, 5.41) is 2.85. The quantitative estimate of drug-likeness (QED) is 0.681. The molecule has 1 heterocycles. The average molecular weight is 312 g/mol. The smallest absolute Gasteiger partial charge is 0.293 e. The molecule has 0 aliphatic rings. The van der Waals surface area contributed by atoms with Gasteiger partial charge in [0.1, 0.15) is 0 Å². The minimum atomic E-state index is -0.354. The summed E-state index contributed by atoms with van der Waals surface area (Å²) in [5.41, 5.74) is 2.28. The van der Waals surface area contributed by atoms with Gasteiger partial charge >= 0.3 is 0 Å². The number of carbonyl (C=O) groups excluding carboxylic acids is 2. The van der Waals surface area contributed by atoms with E-state index in [0.717, 1.165) is 5.69 Å². The Kier molecular flexibility index (Phi) is 5.11. The highest BCUT2D eigenvalue weighted by molar-refractivity contribution is 5.97. The van der Waals surface area contributed by atoms with Crippen molar-refractivity contribution in [3.8, 4) is 0 Å². The lowest BCUT2D eigenvalue weighted by Crippen LogP contribution is -2.44. The first-order valence-electron chi connectivity index (χ1n) is 7.48. The van der Waals surface area contributed by atoms with Gasteiger partial charge in [0.05, 0.1) is 0 Å². The number of amides is 1. The van der Waals surface area contributed by atoms with Gasteiger partial charge in [-0.1, -0.05) is 12.1 Å². The van der Waals surface area contributed by atoms with Gasteiger partial charge < -0.3 is 10.2 Å². The van der Waals surface area contributed by atoms with Crippen molar-refractivity contribution < 1.29 is 14.2 Å². The summed E-state index contributed by atoms with van der Waals surface area (Å²) in [6.45, 7) is 3.34. The van der Waals surface area contributed by atoms with Crippen LogP contribution in [0.2, 0.25) is 0 Å². The van der Waals surface area contributed by atoms with Gasteiger partial charge in [-0.25, -0.2) is 0 Å². The predicted molar refractivity (Wildman–Crippen MR) is 90.8 cm³/mol. The number of rotatable bonds is 5. The van der Waals surface area contributed by atoms with E-state index in [-0.39, 0.29) is 17.7 Å². The number of carbonyl (C=O) groups is 2. The van der Waals surface area contributed by atoms with E-state index in [2.05, 4.69) is 5.32 Å². The van der Waals surface area contributed by atoms with Gasteiger partial charge in [-0.2, -0.15) is 4.57 Å². The van der Waals surface area contributed by atoms with Crippen LogP contribution in [0.15, 0.2) is 48.8 Å². The summed E-state index contributed by atoms with van der Waals surface area (Å²) in [7, 11) is 3.94. The van der Waals surface area contributed by atoms with E-state index in [0.29, 0.717) is 11.3 Å². The zero-order valence-electron chi connectivity index (χ0n) is 13.9. The number of aromatic nitrogens is 1. The lowest BCUT2D eigenvalue weighted by atomic mass is 10.1. The maximum absolute atomic E-state index is 12.4. The molecule has 23 heavy (non-hydrogen) atoms. The van der Waals surface area contributed by atoms with Crippen LogP contribution >= 0.6 is 0 Å². The van der Waals surface area contributed by atoms with E-state index in [1.54, 1.807) is 24.3 Å². The Balaban J connectivity index is 2.10. The van der Waals surface area contributed by atoms with Crippen molar-refractivity contribution in [2.75, 3.05) is 24.3 Å². The van der Waals surface area contributed by atoms with Crippen molar-refractivity contribution in [1.82, 2.24) is 0 Å². The summed E-state index contributed by atoms with van der Waals surface area (Å²) in [6, 6.07) is 10.5. The molecule has 120 valence electrons. The maximum Gasteiger partial charge on any atom is 0.293 e. The molecule has 1 aromatic carbocycles. The molecule has 1 N–H and O–H groups in total. The zero-order valence-corrected chi connectivity index (χ0v) is 13.9. The number of ketones is 1. The number of anilines is 2. The van der Waals surface area contributed by atoms with Crippen LogP contribution in [0.3, 0.4) is 0 Å². The average Bonchev–Trinajstić information content (AvgIpc) is 2.54. The first-order chi connectivity index (χ1) is 10.9. The van der Waals surface area contributed by atoms with Crippen molar-refractivity contribution in [3.63, 3.8) is 0 Å². The molecule has 0 aliphatic heterocycles. The second kappa shape index (κ2) is 7.05. The normalized spacial score (nSPS) is 11.7. The molecule has 0 saturated heterocycles. The highest BCUT2D eigenvalue weighted by Crippen LogP contribution is 2.13. The molecule has 0 unspecified atom stereocenters. The maximum atomic E-state index is 12.4. The van der Waals surface area contributed by atoms with Gasteiger partial charge in [0.15, 0.2) is 18.2 Å². The SMILES string of the molecule is CC(=O)c1cccc(NC(=O)[C@@H](C)[n+]2ccc(N(C)C)cc2)c1. The standard InChI is InChI=1S/C18H21N3O2/c1-13(21-10-8-17(9-11-21)20(3)4)18(23)19-16-7-5-6-15(12-16)14(2)22/h5-13H,1-4H3/p+1/t13-/m1/s1.